The maximum absolute atomic E-state index is 5.44. The summed E-state index contributed by atoms with van der Waals surface area (Å²) in [7, 11) is 1.68. The normalized spacial score (nSPS) is 11.0. The highest BCUT2D eigenvalue weighted by molar-refractivity contribution is 6.03. The molecule has 0 saturated heterocycles. The van der Waals surface area contributed by atoms with Crippen molar-refractivity contribution in [2.75, 3.05) is 7.11 Å². The number of nitrogens with zero attached hydrogens (tertiary/aromatic N) is 2. The van der Waals surface area contributed by atoms with E-state index in [9.17, 15) is 0 Å². The maximum Gasteiger partial charge on any atom is 0.128 e. The lowest BCUT2D eigenvalue weighted by Gasteiger charge is -2.09. The lowest BCUT2D eigenvalue weighted by Crippen LogP contribution is -1.91. The second-order valence-electron chi connectivity index (χ2n) is 5.11. The van der Waals surface area contributed by atoms with E-state index in [1.54, 1.807) is 13.3 Å². The first-order chi connectivity index (χ1) is 10.9. The van der Waals surface area contributed by atoms with Crippen LogP contribution in [0.3, 0.4) is 0 Å². The number of hydrogen-bond acceptors (Lipinski definition) is 3. The fourth-order valence-corrected chi connectivity index (χ4v) is 2.73. The van der Waals surface area contributed by atoms with E-state index in [1.165, 1.54) is 0 Å². The molecule has 3 heteroatoms. The molecule has 2 aromatic carbocycles. The van der Waals surface area contributed by atoms with Crippen molar-refractivity contribution in [1.29, 1.82) is 0 Å². The summed E-state index contributed by atoms with van der Waals surface area (Å²) in [6, 6.07) is 20.2. The first-order valence-electron chi connectivity index (χ1n) is 7.15. The van der Waals surface area contributed by atoms with Gasteiger partial charge in [-0.25, -0.2) is 4.98 Å². The van der Waals surface area contributed by atoms with Gasteiger partial charge in [0.05, 0.1) is 23.8 Å². The minimum absolute atomic E-state index is 0.822. The van der Waals surface area contributed by atoms with Crippen molar-refractivity contribution < 1.29 is 4.74 Å². The fourth-order valence-electron chi connectivity index (χ4n) is 2.73. The molecule has 0 radical (unpaired) electrons. The highest BCUT2D eigenvalue weighted by Gasteiger charge is 2.09. The van der Waals surface area contributed by atoms with Gasteiger partial charge in [-0.15, -0.1) is 0 Å². The summed E-state index contributed by atoms with van der Waals surface area (Å²) in [5.41, 5.74) is 3.72. The Bertz CT molecular complexity index is 979. The Hall–Kier alpha value is -2.94. The van der Waals surface area contributed by atoms with Crippen molar-refractivity contribution in [2.24, 2.45) is 0 Å². The van der Waals surface area contributed by atoms with E-state index in [1.807, 2.05) is 36.4 Å². The number of para-hydroxylation sites is 1. The summed E-state index contributed by atoms with van der Waals surface area (Å²) < 4.78 is 5.44. The first kappa shape index (κ1) is 12.8. The summed E-state index contributed by atoms with van der Waals surface area (Å²) in [6.07, 6.45) is 1.80. The molecule has 0 saturated carbocycles. The van der Waals surface area contributed by atoms with Gasteiger partial charge in [0.2, 0.25) is 0 Å². The number of methoxy groups -OCH3 is 1. The summed E-state index contributed by atoms with van der Waals surface area (Å²) >= 11 is 0. The Labute approximate surface area is 128 Å². The van der Waals surface area contributed by atoms with Crippen LogP contribution < -0.4 is 4.74 Å². The van der Waals surface area contributed by atoms with Gasteiger partial charge in [-0.1, -0.05) is 36.4 Å². The molecule has 22 heavy (non-hydrogen) atoms. The van der Waals surface area contributed by atoms with Gasteiger partial charge in [0.1, 0.15) is 5.75 Å². The molecule has 0 amide bonds. The molecular weight excluding hydrogens is 272 g/mol. The van der Waals surface area contributed by atoms with E-state index in [-0.39, 0.29) is 0 Å². The second-order valence-corrected chi connectivity index (χ2v) is 5.11. The summed E-state index contributed by atoms with van der Waals surface area (Å²) in [4.78, 5) is 9.33. The number of ether oxygens (including phenoxy) is 1. The predicted molar refractivity (Wildman–Crippen MR) is 89.0 cm³/mol. The van der Waals surface area contributed by atoms with Crippen LogP contribution in [0.25, 0.3) is 33.1 Å². The topological polar surface area (TPSA) is 35.0 Å². The Balaban J connectivity index is 2.02. The smallest absolute Gasteiger partial charge is 0.128 e. The summed E-state index contributed by atoms with van der Waals surface area (Å²) in [5.74, 6) is 0.822. The molecule has 2 aromatic heterocycles. The Kier molecular flexibility index (Phi) is 2.97. The molecule has 0 spiro atoms. The molecule has 0 N–H and O–H groups in total. The van der Waals surface area contributed by atoms with Gasteiger partial charge in [-0.3, -0.25) is 4.98 Å². The fraction of sp³-hybridized carbons (Fsp3) is 0.0526. The van der Waals surface area contributed by atoms with Crippen LogP contribution in [-0.4, -0.2) is 17.1 Å². The van der Waals surface area contributed by atoms with E-state index in [0.717, 1.165) is 38.8 Å². The van der Waals surface area contributed by atoms with Crippen LogP contribution in [0.5, 0.6) is 5.75 Å². The molecule has 0 bridgehead atoms. The zero-order valence-corrected chi connectivity index (χ0v) is 12.2. The average molecular weight is 286 g/mol. The molecule has 106 valence electrons. The van der Waals surface area contributed by atoms with Crippen molar-refractivity contribution in [2.45, 2.75) is 0 Å². The standard InChI is InChI=1S/C19H14N2O/c1-22-17-7-3-2-6-15(17)16-11-10-14-9-8-13-5-4-12-20-18(13)19(14)21-16/h2-12H,1H3. The minimum Gasteiger partial charge on any atom is -0.496 e. The lowest BCUT2D eigenvalue weighted by atomic mass is 10.1. The quantitative estimate of drug-likeness (QED) is 0.510. The SMILES string of the molecule is COc1ccccc1-c1ccc2ccc3cccnc3c2n1. The first-order valence-corrected chi connectivity index (χ1v) is 7.15. The van der Waals surface area contributed by atoms with E-state index < -0.39 is 0 Å². The monoisotopic (exact) mass is 286 g/mol. The number of fused-ring (bicyclic) bond motifs is 3. The van der Waals surface area contributed by atoms with Crippen LogP contribution in [0.1, 0.15) is 0 Å². The highest BCUT2D eigenvalue weighted by atomic mass is 16.5. The molecule has 2 heterocycles. The third-order valence-corrected chi connectivity index (χ3v) is 3.82. The molecule has 0 aliphatic rings. The van der Waals surface area contributed by atoms with Crippen LogP contribution in [0, 0.1) is 0 Å². The van der Waals surface area contributed by atoms with Crippen LogP contribution in [0.15, 0.2) is 66.9 Å². The van der Waals surface area contributed by atoms with Crippen molar-refractivity contribution in [3.63, 3.8) is 0 Å². The van der Waals surface area contributed by atoms with Gasteiger partial charge in [0.15, 0.2) is 0 Å². The van der Waals surface area contributed by atoms with Gasteiger partial charge < -0.3 is 4.74 Å². The van der Waals surface area contributed by atoms with Crippen molar-refractivity contribution >= 4 is 21.8 Å². The Morgan fingerprint density at radius 3 is 2.41 bits per heavy atom. The van der Waals surface area contributed by atoms with Crippen molar-refractivity contribution in [1.82, 2.24) is 9.97 Å². The van der Waals surface area contributed by atoms with E-state index in [2.05, 4.69) is 29.2 Å². The van der Waals surface area contributed by atoms with Gasteiger partial charge >= 0.3 is 0 Å². The Morgan fingerprint density at radius 1 is 0.773 bits per heavy atom. The largest absolute Gasteiger partial charge is 0.496 e. The van der Waals surface area contributed by atoms with E-state index in [4.69, 9.17) is 9.72 Å². The Morgan fingerprint density at radius 2 is 1.55 bits per heavy atom. The molecule has 0 unspecified atom stereocenters. The van der Waals surface area contributed by atoms with Crippen molar-refractivity contribution in [3.8, 4) is 17.0 Å². The average Bonchev–Trinajstić information content (AvgIpc) is 2.61. The second kappa shape index (κ2) is 5.11. The molecule has 3 nitrogen and oxygen atoms in total. The van der Waals surface area contributed by atoms with Gasteiger partial charge in [0, 0.05) is 22.5 Å². The molecular formula is C19H14N2O. The molecule has 0 fully saturated rings. The van der Waals surface area contributed by atoms with E-state index >= 15 is 0 Å². The number of aromatic nitrogens is 2. The third-order valence-electron chi connectivity index (χ3n) is 3.82. The van der Waals surface area contributed by atoms with Crippen LogP contribution in [0.2, 0.25) is 0 Å². The van der Waals surface area contributed by atoms with Crippen LogP contribution in [-0.2, 0) is 0 Å². The zero-order chi connectivity index (χ0) is 14.9. The number of rotatable bonds is 2. The van der Waals surface area contributed by atoms with E-state index in [0.29, 0.717) is 0 Å². The highest BCUT2D eigenvalue weighted by Crippen LogP contribution is 2.31. The minimum atomic E-state index is 0.822. The molecule has 4 aromatic rings. The summed E-state index contributed by atoms with van der Waals surface area (Å²) in [6.45, 7) is 0. The van der Waals surface area contributed by atoms with Gasteiger partial charge in [0.25, 0.3) is 0 Å². The van der Waals surface area contributed by atoms with Crippen LogP contribution in [0.4, 0.5) is 0 Å². The van der Waals surface area contributed by atoms with Crippen LogP contribution >= 0.6 is 0 Å². The molecule has 0 aliphatic heterocycles. The maximum atomic E-state index is 5.44. The summed E-state index contributed by atoms with van der Waals surface area (Å²) in [5, 5.41) is 2.18. The zero-order valence-electron chi connectivity index (χ0n) is 12.2. The number of benzene rings is 2. The molecule has 4 rings (SSSR count). The molecule has 0 atom stereocenters. The lowest BCUT2D eigenvalue weighted by molar-refractivity contribution is 0.416. The van der Waals surface area contributed by atoms with Crippen molar-refractivity contribution in [3.05, 3.63) is 66.9 Å². The number of pyridine rings is 2. The number of hydrogen-bond donors (Lipinski definition) is 0. The predicted octanol–water partition coefficient (Wildman–Crippen LogP) is 4.46. The van der Waals surface area contributed by atoms with Gasteiger partial charge in [-0.05, 0) is 24.3 Å². The third kappa shape index (κ3) is 1.99. The van der Waals surface area contributed by atoms with Gasteiger partial charge in [-0.2, -0.15) is 0 Å². The molecule has 0 aliphatic carbocycles.